The Labute approximate surface area is 143 Å². The number of para-hydroxylation sites is 1. The van der Waals surface area contributed by atoms with Crippen LogP contribution < -0.4 is 4.74 Å². The van der Waals surface area contributed by atoms with Crippen LogP contribution in [0.5, 0.6) is 5.75 Å². The maximum Gasteiger partial charge on any atom is 0.233 e. The van der Waals surface area contributed by atoms with Gasteiger partial charge >= 0.3 is 0 Å². The first-order chi connectivity index (χ1) is 10.6. The molecule has 0 spiro atoms. The zero-order valence-electron chi connectivity index (χ0n) is 12.6. The smallest absolute Gasteiger partial charge is 0.233 e. The van der Waals surface area contributed by atoms with Gasteiger partial charge in [0.1, 0.15) is 5.75 Å². The average Bonchev–Trinajstić information content (AvgIpc) is 2.99. The zero-order valence-corrected chi connectivity index (χ0v) is 15.1. The van der Waals surface area contributed by atoms with Gasteiger partial charge in [-0.15, -0.1) is 23.5 Å². The van der Waals surface area contributed by atoms with E-state index in [0.29, 0.717) is 0 Å². The fourth-order valence-electron chi connectivity index (χ4n) is 2.09. The SMILES string of the molecule is COc1ccccc1SCC1SCCN1C(=O)CSC(C)=O. The molecule has 1 aliphatic heterocycles. The minimum atomic E-state index is -0.0138. The molecule has 0 bridgehead atoms. The van der Waals surface area contributed by atoms with E-state index in [1.54, 1.807) is 30.6 Å². The summed E-state index contributed by atoms with van der Waals surface area (Å²) in [6.45, 7) is 2.25. The minimum absolute atomic E-state index is 0.0138. The number of thioether (sulfide) groups is 3. The Morgan fingerprint density at radius 1 is 1.41 bits per heavy atom. The molecule has 1 unspecified atom stereocenters. The molecule has 0 aromatic heterocycles. The summed E-state index contributed by atoms with van der Waals surface area (Å²) in [6.07, 6.45) is 0. The van der Waals surface area contributed by atoms with Gasteiger partial charge in [-0.1, -0.05) is 23.9 Å². The van der Waals surface area contributed by atoms with Gasteiger partial charge in [-0.3, -0.25) is 9.59 Å². The first-order valence-electron chi connectivity index (χ1n) is 6.92. The van der Waals surface area contributed by atoms with E-state index < -0.39 is 0 Å². The van der Waals surface area contributed by atoms with Crippen LogP contribution in [0.15, 0.2) is 29.2 Å². The van der Waals surface area contributed by atoms with Crippen LogP contribution in [0.2, 0.25) is 0 Å². The monoisotopic (exact) mass is 357 g/mol. The lowest BCUT2D eigenvalue weighted by atomic mass is 10.3. The molecule has 1 amide bonds. The van der Waals surface area contributed by atoms with Crippen molar-refractivity contribution in [1.82, 2.24) is 4.90 Å². The molecule has 0 radical (unpaired) electrons. The molecule has 120 valence electrons. The van der Waals surface area contributed by atoms with Crippen molar-refractivity contribution in [3.05, 3.63) is 24.3 Å². The number of rotatable bonds is 6. The van der Waals surface area contributed by atoms with Crippen LogP contribution in [0.25, 0.3) is 0 Å². The fourth-order valence-corrected chi connectivity index (χ4v) is 5.12. The largest absolute Gasteiger partial charge is 0.496 e. The first-order valence-corrected chi connectivity index (χ1v) is 9.94. The number of amides is 1. The lowest BCUT2D eigenvalue weighted by Gasteiger charge is -2.23. The van der Waals surface area contributed by atoms with Crippen LogP contribution in [0.4, 0.5) is 0 Å². The van der Waals surface area contributed by atoms with E-state index in [1.165, 1.54) is 6.92 Å². The molecule has 2 rings (SSSR count). The third-order valence-corrected chi connectivity index (χ3v) is 6.52. The van der Waals surface area contributed by atoms with Crippen LogP contribution in [-0.4, -0.2) is 52.2 Å². The Morgan fingerprint density at radius 2 is 2.18 bits per heavy atom. The molecular formula is C15H19NO3S3. The highest BCUT2D eigenvalue weighted by atomic mass is 32.2. The summed E-state index contributed by atoms with van der Waals surface area (Å²) < 4.78 is 5.35. The summed E-state index contributed by atoms with van der Waals surface area (Å²) in [5, 5.41) is 0.148. The Balaban J connectivity index is 1.91. The lowest BCUT2D eigenvalue weighted by molar-refractivity contribution is -0.128. The summed E-state index contributed by atoms with van der Waals surface area (Å²) in [5.74, 6) is 2.93. The Bertz CT molecular complexity index is 539. The molecular weight excluding hydrogens is 338 g/mol. The number of hydrogen-bond acceptors (Lipinski definition) is 6. The second-order valence-electron chi connectivity index (χ2n) is 4.65. The Kier molecular flexibility index (Phi) is 6.98. The van der Waals surface area contributed by atoms with E-state index >= 15 is 0 Å². The van der Waals surface area contributed by atoms with E-state index in [4.69, 9.17) is 4.74 Å². The molecule has 1 heterocycles. The number of nitrogens with zero attached hydrogens (tertiary/aromatic N) is 1. The van der Waals surface area contributed by atoms with E-state index in [9.17, 15) is 9.59 Å². The molecule has 0 saturated carbocycles. The van der Waals surface area contributed by atoms with Gasteiger partial charge in [-0.2, -0.15) is 0 Å². The molecule has 1 aliphatic rings. The molecule has 1 saturated heterocycles. The number of carbonyl (C=O) groups is 2. The van der Waals surface area contributed by atoms with Gasteiger partial charge in [-0.25, -0.2) is 0 Å². The number of benzene rings is 1. The van der Waals surface area contributed by atoms with Crippen molar-refractivity contribution in [2.24, 2.45) is 0 Å². The van der Waals surface area contributed by atoms with Crippen molar-refractivity contribution in [2.45, 2.75) is 17.2 Å². The van der Waals surface area contributed by atoms with Gasteiger partial charge in [0.15, 0.2) is 5.12 Å². The van der Waals surface area contributed by atoms with Crippen LogP contribution in [0, 0.1) is 0 Å². The predicted octanol–water partition coefficient (Wildman–Crippen LogP) is 2.97. The Hall–Kier alpha value is -0.790. The van der Waals surface area contributed by atoms with Crippen molar-refractivity contribution >= 4 is 46.3 Å². The summed E-state index contributed by atoms with van der Waals surface area (Å²) in [4.78, 5) is 26.2. The molecule has 7 heteroatoms. The second-order valence-corrected chi connectivity index (χ2v) is 8.15. The normalized spacial score (nSPS) is 17.5. The molecule has 1 fully saturated rings. The van der Waals surface area contributed by atoms with E-state index in [0.717, 1.165) is 40.5 Å². The zero-order chi connectivity index (χ0) is 15.9. The van der Waals surface area contributed by atoms with Crippen molar-refractivity contribution in [3.63, 3.8) is 0 Å². The molecule has 0 aliphatic carbocycles. The number of methoxy groups -OCH3 is 1. The molecule has 22 heavy (non-hydrogen) atoms. The van der Waals surface area contributed by atoms with Gasteiger partial charge in [0.05, 0.1) is 18.2 Å². The minimum Gasteiger partial charge on any atom is -0.496 e. The van der Waals surface area contributed by atoms with Crippen LogP contribution >= 0.6 is 35.3 Å². The van der Waals surface area contributed by atoms with E-state index in [1.807, 2.05) is 29.2 Å². The summed E-state index contributed by atoms with van der Waals surface area (Å²) in [5.41, 5.74) is 0. The van der Waals surface area contributed by atoms with Crippen LogP contribution in [0.3, 0.4) is 0 Å². The summed E-state index contributed by atoms with van der Waals surface area (Å²) >= 11 is 4.58. The third-order valence-electron chi connectivity index (χ3n) is 3.16. The maximum absolute atomic E-state index is 12.2. The molecule has 1 aromatic rings. The maximum atomic E-state index is 12.2. The van der Waals surface area contributed by atoms with Gasteiger partial charge in [-0.05, 0) is 12.1 Å². The van der Waals surface area contributed by atoms with Crippen LogP contribution in [0.1, 0.15) is 6.92 Å². The standard InChI is InChI=1S/C15H19NO3S3/c1-11(17)21-9-14(18)16-7-8-20-15(16)10-22-13-6-4-3-5-12(13)19-2/h3-6,15H,7-10H2,1-2H3. The van der Waals surface area contributed by atoms with Crippen LogP contribution in [-0.2, 0) is 9.59 Å². The lowest BCUT2D eigenvalue weighted by Crippen LogP contribution is -2.37. The highest BCUT2D eigenvalue weighted by molar-refractivity contribution is 8.14. The van der Waals surface area contributed by atoms with Crippen molar-refractivity contribution in [1.29, 1.82) is 0 Å². The van der Waals surface area contributed by atoms with Crippen molar-refractivity contribution in [3.8, 4) is 5.75 Å². The topological polar surface area (TPSA) is 46.6 Å². The average molecular weight is 358 g/mol. The quantitative estimate of drug-likeness (QED) is 0.730. The Morgan fingerprint density at radius 3 is 2.91 bits per heavy atom. The molecule has 4 nitrogen and oxygen atoms in total. The first kappa shape index (κ1) is 17.6. The van der Waals surface area contributed by atoms with Crippen molar-refractivity contribution < 1.29 is 14.3 Å². The molecule has 1 aromatic carbocycles. The summed E-state index contributed by atoms with van der Waals surface area (Å²) in [6, 6.07) is 7.90. The van der Waals surface area contributed by atoms with Gasteiger partial charge < -0.3 is 9.64 Å². The number of carbonyl (C=O) groups excluding carboxylic acids is 2. The number of hydrogen-bond donors (Lipinski definition) is 0. The summed E-state index contributed by atoms with van der Waals surface area (Å²) in [7, 11) is 1.67. The van der Waals surface area contributed by atoms with Gasteiger partial charge in [0.25, 0.3) is 0 Å². The fraction of sp³-hybridized carbons (Fsp3) is 0.467. The predicted molar refractivity (Wildman–Crippen MR) is 94.8 cm³/mol. The highest BCUT2D eigenvalue weighted by Crippen LogP contribution is 2.34. The van der Waals surface area contributed by atoms with E-state index in [2.05, 4.69) is 0 Å². The van der Waals surface area contributed by atoms with Gasteiger partial charge in [0, 0.05) is 29.9 Å². The molecule has 0 N–H and O–H groups in total. The highest BCUT2D eigenvalue weighted by Gasteiger charge is 2.29. The van der Waals surface area contributed by atoms with E-state index in [-0.39, 0.29) is 22.1 Å². The third kappa shape index (κ3) is 4.86. The molecule has 1 atom stereocenters. The van der Waals surface area contributed by atoms with Crippen molar-refractivity contribution in [2.75, 3.05) is 30.9 Å². The van der Waals surface area contributed by atoms with Gasteiger partial charge in [0.2, 0.25) is 5.91 Å². The second kappa shape index (κ2) is 8.74. The number of ether oxygens (including phenoxy) is 1.